The largest absolute Gasteiger partial charge is 0.457 e. The summed E-state index contributed by atoms with van der Waals surface area (Å²) in [6, 6.07) is 14.3. The average Bonchev–Trinajstić information content (AvgIpc) is 2.41. The summed E-state index contributed by atoms with van der Waals surface area (Å²) >= 11 is 3.52. The van der Waals surface area contributed by atoms with Crippen LogP contribution in [0.3, 0.4) is 0 Å². The van der Waals surface area contributed by atoms with Crippen molar-refractivity contribution < 1.29 is 4.74 Å². The van der Waals surface area contributed by atoms with Crippen LogP contribution in [0.2, 0.25) is 0 Å². The van der Waals surface area contributed by atoms with Crippen molar-refractivity contribution in [3.8, 4) is 11.5 Å². The second-order valence-electron chi connectivity index (χ2n) is 5.12. The van der Waals surface area contributed by atoms with E-state index in [1.807, 2.05) is 31.3 Å². The molecule has 0 fully saturated rings. The first-order valence-corrected chi connectivity index (χ1v) is 7.60. The van der Waals surface area contributed by atoms with E-state index in [0.29, 0.717) is 5.92 Å². The van der Waals surface area contributed by atoms with E-state index in [9.17, 15) is 0 Å². The Bertz CT molecular complexity index is 581. The quantitative estimate of drug-likeness (QED) is 0.823. The topological polar surface area (TPSA) is 21.3 Å². The van der Waals surface area contributed by atoms with Gasteiger partial charge in [-0.05, 0) is 54.4 Å². The molecule has 1 N–H and O–H groups in total. The summed E-state index contributed by atoms with van der Waals surface area (Å²) in [5.41, 5.74) is 2.42. The van der Waals surface area contributed by atoms with E-state index in [2.05, 4.69) is 53.3 Å². The number of ether oxygens (including phenoxy) is 1. The van der Waals surface area contributed by atoms with Gasteiger partial charge < -0.3 is 10.1 Å². The van der Waals surface area contributed by atoms with Crippen molar-refractivity contribution in [3.63, 3.8) is 0 Å². The van der Waals surface area contributed by atoms with Gasteiger partial charge in [-0.15, -0.1) is 0 Å². The summed E-state index contributed by atoms with van der Waals surface area (Å²) in [5, 5.41) is 3.15. The Hall–Kier alpha value is -1.32. The van der Waals surface area contributed by atoms with Gasteiger partial charge in [0.1, 0.15) is 11.5 Å². The van der Waals surface area contributed by atoms with Gasteiger partial charge in [-0.1, -0.05) is 41.9 Å². The van der Waals surface area contributed by atoms with Gasteiger partial charge in [0.2, 0.25) is 0 Å². The predicted molar refractivity (Wildman–Crippen MR) is 87.5 cm³/mol. The fourth-order valence-corrected chi connectivity index (χ4v) is 2.49. The van der Waals surface area contributed by atoms with Crippen LogP contribution in [-0.2, 0) is 6.54 Å². The van der Waals surface area contributed by atoms with Crippen molar-refractivity contribution in [2.75, 3.05) is 7.05 Å². The molecule has 2 nitrogen and oxygen atoms in total. The first-order chi connectivity index (χ1) is 9.60. The Kier molecular flexibility index (Phi) is 5.21. The van der Waals surface area contributed by atoms with Crippen molar-refractivity contribution in [2.24, 2.45) is 0 Å². The molecule has 2 aromatic rings. The SMILES string of the molecule is CNCc1cccc(Oc2ccc(Br)cc2C(C)C)c1. The fourth-order valence-electron chi connectivity index (χ4n) is 2.11. The molecule has 0 aromatic heterocycles. The minimum absolute atomic E-state index is 0.419. The maximum atomic E-state index is 6.06. The number of hydrogen-bond acceptors (Lipinski definition) is 2. The van der Waals surface area contributed by atoms with Gasteiger partial charge in [-0.3, -0.25) is 0 Å². The molecule has 0 aliphatic rings. The van der Waals surface area contributed by atoms with E-state index in [1.54, 1.807) is 0 Å². The van der Waals surface area contributed by atoms with Crippen LogP contribution in [0.4, 0.5) is 0 Å². The van der Waals surface area contributed by atoms with Crippen LogP contribution in [-0.4, -0.2) is 7.05 Å². The van der Waals surface area contributed by atoms with Gasteiger partial charge in [0.15, 0.2) is 0 Å². The zero-order valence-electron chi connectivity index (χ0n) is 12.1. The van der Waals surface area contributed by atoms with Crippen LogP contribution in [0, 0.1) is 0 Å². The van der Waals surface area contributed by atoms with Crippen molar-refractivity contribution in [2.45, 2.75) is 26.3 Å². The molecule has 0 atom stereocenters. The highest BCUT2D eigenvalue weighted by molar-refractivity contribution is 9.10. The van der Waals surface area contributed by atoms with Gasteiger partial charge in [-0.25, -0.2) is 0 Å². The Labute approximate surface area is 129 Å². The number of benzene rings is 2. The zero-order chi connectivity index (χ0) is 14.5. The normalized spacial score (nSPS) is 10.8. The van der Waals surface area contributed by atoms with E-state index in [0.717, 1.165) is 22.5 Å². The standard InChI is InChI=1S/C17H20BrNO/c1-12(2)16-10-14(18)7-8-17(16)20-15-6-4-5-13(9-15)11-19-3/h4-10,12,19H,11H2,1-3H3. The molecule has 0 heterocycles. The monoisotopic (exact) mass is 333 g/mol. The van der Waals surface area contributed by atoms with Gasteiger partial charge in [0, 0.05) is 11.0 Å². The lowest BCUT2D eigenvalue weighted by atomic mass is 10.0. The highest BCUT2D eigenvalue weighted by Gasteiger charge is 2.09. The Balaban J connectivity index is 2.27. The smallest absolute Gasteiger partial charge is 0.130 e. The second kappa shape index (κ2) is 6.91. The minimum atomic E-state index is 0.419. The molecule has 0 unspecified atom stereocenters. The first-order valence-electron chi connectivity index (χ1n) is 6.81. The summed E-state index contributed by atoms with van der Waals surface area (Å²) in [7, 11) is 1.94. The summed E-state index contributed by atoms with van der Waals surface area (Å²) in [6.45, 7) is 5.19. The lowest BCUT2D eigenvalue weighted by Crippen LogP contribution is -2.04. The van der Waals surface area contributed by atoms with Crippen LogP contribution < -0.4 is 10.1 Å². The average molecular weight is 334 g/mol. The molecule has 0 amide bonds. The molecular weight excluding hydrogens is 314 g/mol. The molecule has 2 aromatic carbocycles. The van der Waals surface area contributed by atoms with Gasteiger partial charge in [0.05, 0.1) is 0 Å². The second-order valence-corrected chi connectivity index (χ2v) is 6.03. The fraction of sp³-hybridized carbons (Fsp3) is 0.294. The number of rotatable bonds is 5. The van der Waals surface area contributed by atoms with E-state index in [1.165, 1.54) is 11.1 Å². The lowest BCUT2D eigenvalue weighted by molar-refractivity contribution is 0.472. The van der Waals surface area contributed by atoms with Crippen LogP contribution >= 0.6 is 15.9 Å². The first kappa shape index (κ1) is 15.1. The molecule has 20 heavy (non-hydrogen) atoms. The molecule has 0 aliphatic heterocycles. The Morgan fingerprint density at radius 3 is 2.65 bits per heavy atom. The van der Waals surface area contributed by atoms with E-state index < -0.39 is 0 Å². The van der Waals surface area contributed by atoms with Gasteiger partial charge >= 0.3 is 0 Å². The Morgan fingerprint density at radius 2 is 1.95 bits per heavy atom. The summed E-state index contributed by atoms with van der Waals surface area (Å²) in [4.78, 5) is 0. The maximum Gasteiger partial charge on any atom is 0.130 e. The van der Waals surface area contributed by atoms with Crippen LogP contribution in [0.25, 0.3) is 0 Å². The molecule has 0 aliphatic carbocycles. The highest BCUT2D eigenvalue weighted by atomic mass is 79.9. The van der Waals surface area contributed by atoms with E-state index in [4.69, 9.17) is 4.74 Å². The lowest BCUT2D eigenvalue weighted by Gasteiger charge is -2.15. The number of nitrogens with one attached hydrogen (secondary N) is 1. The molecule has 0 spiro atoms. The molecule has 106 valence electrons. The van der Waals surface area contributed by atoms with Crippen molar-refractivity contribution >= 4 is 15.9 Å². The predicted octanol–water partition coefficient (Wildman–Crippen LogP) is 5.08. The summed E-state index contributed by atoms with van der Waals surface area (Å²) in [5.74, 6) is 2.22. The summed E-state index contributed by atoms with van der Waals surface area (Å²) in [6.07, 6.45) is 0. The van der Waals surface area contributed by atoms with Crippen molar-refractivity contribution in [3.05, 3.63) is 58.1 Å². The Morgan fingerprint density at radius 1 is 1.15 bits per heavy atom. The minimum Gasteiger partial charge on any atom is -0.457 e. The van der Waals surface area contributed by atoms with Gasteiger partial charge in [0.25, 0.3) is 0 Å². The van der Waals surface area contributed by atoms with E-state index in [-0.39, 0.29) is 0 Å². The third kappa shape index (κ3) is 3.84. The molecule has 0 saturated carbocycles. The molecule has 0 bridgehead atoms. The number of hydrogen-bond donors (Lipinski definition) is 1. The molecule has 3 heteroatoms. The van der Waals surface area contributed by atoms with Crippen LogP contribution in [0.5, 0.6) is 11.5 Å². The van der Waals surface area contributed by atoms with Crippen molar-refractivity contribution in [1.82, 2.24) is 5.32 Å². The molecule has 0 radical (unpaired) electrons. The molecular formula is C17H20BrNO. The molecule has 2 rings (SSSR count). The zero-order valence-corrected chi connectivity index (χ0v) is 13.7. The molecule has 0 saturated heterocycles. The van der Waals surface area contributed by atoms with Gasteiger partial charge in [-0.2, -0.15) is 0 Å². The third-order valence-corrected chi connectivity index (χ3v) is 3.59. The third-order valence-electron chi connectivity index (χ3n) is 3.10. The summed E-state index contributed by atoms with van der Waals surface area (Å²) < 4.78 is 7.15. The number of halogens is 1. The van der Waals surface area contributed by atoms with E-state index >= 15 is 0 Å². The van der Waals surface area contributed by atoms with Crippen LogP contribution in [0.15, 0.2) is 46.9 Å². The van der Waals surface area contributed by atoms with Crippen molar-refractivity contribution in [1.29, 1.82) is 0 Å². The maximum absolute atomic E-state index is 6.06. The van der Waals surface area contributed by atoms with Crippen LogP contribution in [0.1, 0.15) is 30.9 Å². The highest BCUT2D eigenvalue weighted by Crippen LogP contribution is 2.33.